The Labute approximate surface area is 102 Å². The fourth-order valence-corrected chi connectivity index (χ4v) is 2.76. The van der Waals surface area contributed by atoms with Gasteiger partial charge in [-0.25, -0.2) is 0 Å². The molecule has 1 aliphatic rings. The van der Waals surface area contributed by atoms with E-state index in [4.69, 9.17) is 4.42 Å². The lowest BCUT2D eigenvalue weighted by Gasteiger charge is -2.24. The normalized spacial score (nSPS) is 18.9. The van der Waals surface area contributed by atoms with E-state index in [2.05, 4.69) is 24.4 Å². The molecule has 0 saturated heterocycles. The molecule has 1 fully saturated rings. The second-order valence-corrected chi connectivity index (χ2v) is 5.37. The summed E-state index contributed by atoms with van der Waals surface area (Å²) >= 11 is 0. The van der Waals surface area contributed by atoms with Crippen LogP contribution >= 0.6 is 0 Å². The molecular formula is C15H19NO. The summed E-state index contributed by atoms with van der Waals surface area (Å²) in [5, 5.41) is 4.84. The fourth-order valence-electron chi connectivity index (χ4n) is 2.76. The summed E-state index contributed by atoms with van der Waals surface area (Å²) in [6.07, 6.45) is 5.27. The first kappa shape index (κ1) is 10.8. The predicted octanol–water partition coefficient (Wildman–Crippen LogP) is 3.86. The smallest absolute Gasteiger partial charge is 0.134 e. The molecule has 0 atom stereocenters. The summed E-state index contributed by atoms with van der Waals surface area (Å²) < 4.78 is 5.81. The first-order chi connectivity index (χ1) is 8.25. The molecule has 3 rings (SSSR count). The van der Waals surface area contributed by atoms with Gasteiger partial charge in [-0.2, -0.15) is 0 Å². The number of hydrogen-bond donors (Lipinski definition) is 1. The van der Waals surface area contributed by atoms with Crippen molar-refractivity contribution in [1.29, 1.82) is 0 Å². The molecule has 0 amide bonds. The zero-order valence-corrected chi connectivity index (χ0v) is 10.3. The first-order valence-corrected chi connectivity index (χ1v) is 6.48. The van der Waals surface area contributed by atoms with E-state index in [9.17, 15) is 0 Å². The van der Waals surface area contributed by atoms with Crippen molar-refractivity contribution in [1.82, 2.24) is 5.32 Å². The van der Waals surface area contributed by atoms with Crippen LogP contribution in [-0.4, -0.2) is 5.54 Å². The van der Waals surface area contributed by atoms with Crippen molar-refractivity contribution in [2.45, 2.75) is 44.7 Å². The molecule has 2 heteroatoms. The highest BCUT2D eigenvalue weighted by Gasteiger charge is 2.27. The summed E-state index contributed by atoms with van der Waals surface area (Å²) in [4.78, 5) is 0. The summed E-state index contributed by atoms with van der Waals surface area (Å²) in [7, 11) is 0. The summed E-state index contributed by atoms with van der Waals surface area (Å²) in [5.41, 5.74) is 1.31. The van der Waals surface area contributed by atoms with E-state index >= 15 is 0 Å². The molecule has 0 bridgehead atoms. The van der Waals surface area contributed by atoms with Gasteiger partial charge in [0.05, 0.1) is 6.54 Å². The number of rotatable bonds is 3. The van der Waals surface area contributed by atoms with Gasteiger partial charge in [-0.05, 0) is 31.9 Å². The molecule has 0 unspecified atom stereocenters. The molecule has 90 valence electrons. The van der Waals surface area contributed by atoms with Crippen molar-refractivity contribution in [3.05, 3.63) is 36.1 Å². The minimum Gasteiger partial charge on any atom is -0.460 e. The zero-order valence-electron chi connectivity index (χ0n) is 10.3. The van der Waals surface area contributed by atoms with Crippen LogP contribution in [-0.2, 0) is 6.54 Å². The lowest BCUT2D eigenvalue weighted by molar-refractivity contribution is 0.345. The molecule has 1 heterocycles. The third-order valence-electron chi connectivity index (χ3n) is 3.87. The van der Waals surface area contributed by atoms with Crippen LogP contribution in [0, 0.1) is 0 Å². The average Bonchev–Trinajstić information content (AvgIpc) is 2.93. The predicted molar refractivity (Wildman–Crippen MR) is 69.9 cm³/mol. The van der Waals surface area contributed by atoms with Crippen molar-refractivity contribution >= 4 is 11.0 Å². The van der Waals surface area contributed by atoms with E-state index in [1.54, 1.807) is 0 Å². The minimum atomic E-state index is 0.318. The molecule has 0 aliphatic heterocycles. The van der Waals surface area contributed by atoms with Gasteiger partial charge in [0.25, 0.3) is 0 Å². The van der Waals surface area contributed by atoms with Crippen molar-refractivity contribution in [2.75, 3.05) is 0 Å². The van der Waals surface area contributed by atoms with Crippen molar-refractivity contribution < 1.29 is 4.42 Å². The topological polar surface area (TPSA) is 25.2 Å². The SMILES string of the molecule is CC1(NCc2cc3ccccc3o2)CCCC1. The Bertz CT molecular complexity index is 475. The van der Waals surface area contributed by atoms with Crippen LogP contribution in [0.15, 0.2) is 34.7 Å². The van der Waals surface area contributed by atoms with Crippen LogP contribution in [0.3, 0.4) is 0 Å². The lowest BCUT2D eigenvalue weighted by atomic mass is 10.0. The van der Waals surface area contributed by atoms with E-state index in [0.29, 0.717) is 5.54 Å². The van der Waals surface area contributed by atoms with Gasteiger partial charge in [0.2, 0.25) is 0 Å². The zero-order chi connectivity index (χ0) is 11.7. The van der Waals surface area contributed by atoms with Gasteiger partial charge < -0.3 is 9.73 Å². The number of nitrogens with one attached hydrogen (secondary N) is 1. The van der Waals surface area contributed by atoms with E-state index < -0.39 is 0 Å². The highest BCUT2D eigenvalue weighted by Crippen LogP contribution is 2.29. The Kier molecular flexibility index (Phi) is 2.67. The second-order valence-electron chi connectivity index (χ2n) is 5.37. The molecule has 0 radical (unpaired) electrons. The van der Waals surface area contributed by atoms with E-state index in [1.165, 1.54) is 31.1 Å². The highest BCUT2D eigenvalue weighted by atomic mass is 16.3. The molecule has 0 spiro atoms. The molecule has 1 saturated carbocycles. The summed E-state index contributed by atoms with van der Waals surface area (Å²) in [6, 6.07) is 10.3. The molecular weight excluding hydrogens is 210 g/mol. The maximum Gasteiger partial charge on any atom is 0.134 e. The third kappa shape index (κ3) is 2.22. The average molecular weight is 229 g/mol. The maximum atomic E-state index is 5.81. The van der Waals surface area contributed by atoms with Crippen LogP contribution in [0.5, 0.6) is 0 Å². The summed E-state index contributed by atoms with van der Waals surface area (Å²) in [6.45, 7) is 3.16. The van der Waals surface area contributed by atoms with E-state index in [1.807, 2.05) is 18.2 Å². The van der Waals surface area contributed by atoms with Crippen LogP contribution in [0.1, 0.15) is 38.4 Å². The van der Waals surface area contributed by atoms with Gasteiger partial charge in [-0.1, -0.05) is 31.0 Å². The standard InChI is InChI=1S/C15H19NO/c1-15(8-4-5-9-15)16-11-13-10-12-6-2-3-7-14(12)17-13/h2-3,6-7,10,16H,4-5,8-9,11H2,1H3. The van der Waals surface area contributed by atoms with Gasteiger partial charge in [-0.15, -0.1) is 0 Å². The van der Waals surface area contributed by atoms with Crippen LogP contribution in [0.25, 0.3) is 11.0 Å². The molecule has 2 nitrogen and oxygen atoms in total. The Morgan fingerprint density at radius 2 is 2.00 bits per heavy atom. The van der Waals surface area contributed by atoms with Crippen molar-refractivity contribution in [2.24, 2.45) is 0 Å². The van der Waals surface area contributed by atoms with Crippen LogP contribution in [0.4, 0.5) is 0 Å². The molecule has 1 aliphatic carbocycles. The maximum absolute atomic E-state index is 5.81. The Morgan fingerprint density at radius 1 is 1.24 bits per heavy atom. The van der Waals surface area contributed by atoms with Crippen LogP contribution in [0.2, 0.25) is 0 Å². The van der Waals surface area contributed by atoms with Crippen LogP contribution < -0.4 is 5.32 Å². The number of fused-ring (bicyclic) bond motifs is 1. The number of furan rings is 1. The van der Waals surface area contributed by atoms with Crippen molar-refractivity contribution in [3.8, 4) is 0 Å². The Balaban J connectivity index is 1.72. The summed E-state index contributed by atoms with van der Waals surface area (Å²) in [5.74, 6) is 1.04. The minimum absolute atomic E-state index is 0.318. The molecule has 2 aromatic rings. The fraction of sp³-hybridized carbons (Fsp3) is 0.467. The number of para-hydroxylation sites is 1. The van der Waals surface area contributed by atoms with Gasteiger partial charge in [0.1, 0.15) is 11.3 Å². The van der Waals surface area contributed by atoms with E-state index in [-0.39, 0.29) is 0 Å². The second kappa shape index (κ2) is 4.19. The third-order valence-corrected chi connectivity index (χ3v) is 3.87. The quantitative estimate of drug-likeness (QED) is 0.864. The molecule has 1 N–H and O–H groups in total. The van der Waals surface area contributed by atoms with Gasteiger partial charge in [0.15, 0.2) is 0 Å². The van der Waals surface area contributed by atoms with Gasteiger partial charge in [0, 0.05) is 10.9 Å². The molecule has 1 aromatic heterocycles. The van der Waals surface area contributed by atoms with Gasteiger partial charge in [-0.3, -0.25) is 0 Å². The Hall–Kier alpha value is -1.28. The van der Waals surface area contributed by atoms with Crippen molar-refractivity contribution in [3.63, 3.8) is 0 Å². The molecule has 17 heavy (non-hydrogen) atoms. The van der Waals surface area contributed by atoms with E-state index in [0.717, 1.165) is 17.9 Å². The largest absolute Gasteiger partial charge is 0.460 e. The monoisotopic (exact) mass is 229 g/mol. The van der Waals surface area contributed by atoms with Gasteiger partial charge >= 0.3 is 0 Å². The molecule has 1 aromatic carbocycles. The number of hydrogen-bond acceptors (Lipinski definition) is 2. The Morgan fingerprint density at radius 3 is 2.76 bits per heavy atom. The first-order valence-electron chi connectivity index (χ1n) is 6.48. The number of benzene rings is 1. The highest BCUT2D eigenvalue weighted by molar-refractivity contribution is 5.77. The lowest BCUT2D eigenvalue weighted by Crippen LogP contribution is -2.38.